The van der Waals surface area contributed by atoms with Crippen molar-refractivity contribution < 1.29 is 0 Å². The molecule has 0 radical (unpaired) electrons. The van der Waals surface area contributed by atoms with Crippen LogP contribution in [0.5, 0.6) is 0 Å². The van der Waals surface area contributed by atoms with Gasteiger partial charge in [-0.05, 0) is 25.8 Å². The van der Waals surface area contributed by atoms with Crippen LogP contribution in [0.3, 0.4) is 0 Å². The predicted molar refractivity (Wildman–Crippen MR) is 111 cm³/mol. The Balaban J connectivity index is 0.00000288. The molecule has 0 bridgehead atoms. The van der Waals surface area contributed by atoms with Gasteiger partial charge in [0.1, 0.15) is 0 Å². The fourth-order valence-corrected chi connectivity index (χ4v) is 2.97. The van der Waals surface area contributed by atoms with Gasteiger partial charge in [-0.3, -0.25) is 9.67 Å². The van der Waals surface area contributed by atoms with E-state index in [0.717, 1.165) is 51.4 Å². The highest BCUT2D eigenvalue weighted by atomic mass is 127. The summed E-state index contributed by atoms with van der Waals surface area (Å²) in [5.74, 6) is 0.875. The number of aliphatic imine (C=N–C) groups is 1. The first-order valence-electron chi connectivity index (χ1n) is 8.25. The molecule has 134 valence electrons. The van der Waals surface area contributed by atoms with Gasteiger partial charge >= 0.3 is 0 Å². The van der Waals surface area contributed by atoms with Crippen molar-refractivity contribution in [2.75, 3.05) is 19.6 Å². The third-order valence-corrected chi connectivity index (χ3v) is 4.50. The first-order chi connectivity index (χ1) is 11.3. The highest BCUT2D eigenvalue weighted by Gasteiger charge is 2.02. The molecular weight excluding hydrogens is 435 g/mol. The van der Waals surface area contributed by atoms with Crippen molar-refractivity contribution in [2.45, 2.75) is 39.7 Å². The summed E-state index contributed by atoms with van der Waals surface area (Å²) in [7, 11) is 0. The van der Waals surface area contributed by atoms with Gasteiger partial charge in [0.05, 0.1) is 5.01 Å². The van der Waals surface area contributed by atoms with Gasteiger partial charge in [-0.25, -0.2) is 4.98 Å². The Hall–Kier alpha value is -1.16. The number of hydrogen-bond acceptors (Lipinski definition) is 4. The lowest BCUT2D eigenvalue weighted by Crippen LogP contribution is -2.38. The summed E-state index contributed by atoms with van der Waals surface area (Å²) >= 11 is 1.80. The van der Waals surface area contributed by atoms with E-state index in [-0.39, 0.29) is 24.0 Å². The summed E-state index contributed by atoms with van der Waals surface area (Å²) in [4.78, 5) is 10.4. The van der Waals surface area contributed by atoms with E-state index >= 15 is 0 Å². The predicted octanol–water partition coefficient (Wildman–Crippen LogP) is 2.71. The van der Waals surface area contributed by atoms with E-state index in [2.05, 4.69) is 39.6 Å². The average molecular weight is 462 g/mol. The first-order valence-corrected chi connectivity index (χ1v) is 9.06. The van der Waals surface area contributed by atoms with Crippen molar-refractivity contribution in [3.8, 4) is 0 Å². The van der Waals surface area contributed by atoms with E-state index in [9.17, 15) is 0 Å². The molecule has 0 saturated carbocycles. The van der Waals surface area contributed by atoms with Crippen LogP contribution in [0.1, 0.15) is 30.2 Å². The Morgan fingerprint density at radius 2 is 2.21 bits per heavy atom. The number of hydrogen-bond donors (Lipinski definition) is 2. The van der Waals surface area contributed by atoms with Gasteiger partial charge in [0.25, 0.3) is 0 Å². The SMILES string of the molecule is CCNC(=NCCCn1cccn1)NCCc1ncc(CC)s1.I. The lowest BCUT2D eigenvalue weighted by atomic mass is 10.4. The molecule has 2 aromatic heterocycles. The Kier molecular flexibility index (Phi) is 10.6. The summed E-state index contributed by atoms with van der Waals surface area (Å²) < 4.78 is 1.93. The number of nitrogens with one attached hydrogen (secondary N) is 2. The zero-order valence-corrected chi connectivity index (χ0v) is 17.5. The molecule has 0 aliphatic rings. The normalized spacial score (nSPS) is 11.2. The van der Waals surface area contributed by atoms with Gasteiger partial charge in [-0.2, -0.15) is 5.10 Å². The molecule has 2 aromatic rings. The maximum absolute atomic E-state index is 4.60. The fraction of sp³-hybridized carbons (Fsp3) is 0.562. The van der Waals surface area contributed by atoms with E-state index in [1.165, 1.54) is 9.88 Å². The molecule has 2 N–H and O–H groups in total. The smallest absolute Gasteiger partial charge is 0.191 e. The van der Waals surface area contributed by atoms with E-state index in [0.29, 0.717) is 0 Å². The monoisotopic (exact) mass is 462 g/mol. The van der Waals surface area contributed by atoms with Crippen LogP contribution in [-0.4, -0.2) is 40.4 Å². The molecule has 0 aliphatic carbocycles. The van der Waals surface area contributed by atoms with Crippen molar-refractivity contribution in [3.63, 3.8) is 0 Å². The van der Waals surface area contributed by atoms with Crippen molar-refractivity contribution in [1.29, 1.82) is 0 Å². The molecule has 2 rings (SSSR count). The third kappa shape index (κ3) is 7.61. The molecule has 0 atom stereocenters. The van der Waals surface area contributed by atoms with Gasteiger partial charge in [0.15, 0.2) is 5.96 Å². The zero-order valence-electron chi connectivity index (χ0n) is 14.4. The van der Waals surface area contributed by atoms with Crippen molar-refractivity contribution in [1.82, 2.24) is 25.4 Å². The second kappa shape index (κ2) is 12.2. The summed E-state index contributed by atoms with van der Waals surface area (Å²) in [6.45, 7) is 7.63. The largest absolute Gasteiger partial charge is 0.357 e. The number of halogens is 1. The molecule has 0 fully saturated rings. The maximum Gasteiger partial charge on any atom is 0.191 e. The fourth-order valence-electron chi connectivity index (χ4n) is 2.11. The van der Waals surface area contributed by atoms with Gasteiger partial charge in [0.2, 0.25) is 0 Å². The summed E-state index contributed by atoms with van der Waals surface area (Å²) in [5.41, 5.74) is 0. The molecular formula is C16H27IN6S. The Morgan fingerprint density at radius 1 is 1.33 bits per heavy atom. The van der Waals surface area contributed by atoms with E-state index < -0.39 is 0 Å². The van der Waals surface area contributed by atoms with Crippen LogP contribution in [0.25, 0.3) is 0 Å². The van der Waals surface area contributed by atoms with Crippen molar-refractivity contribution in [3.05, 3.63) is 34.5 Å². The van der Waals surface area contributed by atoms with Crippen LogP contribution in [0.15, 0.2) is 29.6 Å². The molecule has 0 aromatic carbocycles. The van der Waals surface area contributed by atoms with Gasteiger partial charge < -0.3 is 10.6 Å². The van der Waals surface area contributed by atoms with Gasteiger partial charge in [0, 0.05) is 56.1 Å². The number of aryl methyl sites for hydroxylation is 2. The molecule has 6 nitrogen and oxygen atoms in total. The molecule has 0 amide bonds. The highest BCUT2D eigenvalue weighted by Crippen LogP contribution is 2.13. The highest BCUT2D eigenvalue weighted by molar-refractivity contribution is 14.0. The number of guanidine groups is 1. The summed E-state index contributed by atoms with van der Waals surface area (Å²) in [6, 6.07) is 1.94. The van der Waals surface area contributed by atoms with E-state index in [1.807, 2.05) is 23.1 Å². The average Bonchev–Trinajstić information content (AvgIpc) is 3.23. The van der Waals surface area contributed by atoms with Crippen LogP contribution >= 0.6 is 35.3 Å². The van der Waals surface area contributed by atoms with Crippen molar-refractivity contribution >= 4 is 41.3 Å². The second-order valence-electron chi connectivity index (χ2n) is 5.13. The lowest BCUT2D eigenvalue weighted by Gasteiger charge is -2.10. The molecule has 0 aliphatic heterocycles. The van der Waals surface area contributed by atoms with Crippen LogP contribution in [0.2, 0.25) is 0 Å². The van der Waals surface area contributed by atoms with Crippen LogP contribution in [0, 0.1) is 0 Å². The minimum atomic E-state index is 0. The number of nitrogens with zero attached hydrogens (tertiary/aromatic N) is 4. The molecule has 2 heterocycles. The molecule has 0 spiro atoms. The van der Waals surface area contributed by atoms with Crippen LogP contribution in [-0.2, 0) is 19.4 Å². The minimum Gasteiger partial charge on any atom is -0.357 e. The molecule has 0 saturated heterocycles. The quantitative estimate of drug-likeness (QED) is 0.260. The number of aromatic nitrogens is 3. The lowest BCUT2D eigenvalue weighted by molar-refractivity contribution is 0.584. The van der Waals surface area contributed by atoms with E-state index in [4.69, 9.17) is 0 Å². The standard InChI is InChI=1S/C16H26N6S.HI/c1-3-14-13-20-15(23-14)7-10-19-16(17-4-2)18-8-5-11-22-12-6-9-21-22;/h6,9,12-13H,3-5,7-8,10-11H2,1-2H3,(H2,17,18,19);1H. The summed E-state index contributed by atoms with van der Waals surface area (Å²) in [6.07, 6.45) is 8.73. The number of thiazole rings is 1. The van der Waals surface area contributed by atoms with Crippen LogP contribution in [0.4, 0.5) is 0 Å². The van der Waals surface area contributed by atoms with Gasteiger partial charge in [-0.15, -0.1) is 35.3 Å². The Morgan fingerprint density at radius 3 is 2.88 bits per heavy atom. The van der Waals surface area contributed by atoms with E-state index in [1.54, 1.807) is 17.5 Å². The molecule has 0 unspecified atom stereocenters. The Bertz CT molecular complexity index is 581. The second-order valence-corrected chi connectivity index (χ2v) is 6.33. The topological polar surface area (TPSA) is 67.1 Å². The molecule has 8 heteroatoms. The number of rotatable bonds is 9. The summed E-state index contributed by atoms with van der Waals surface area (Å²) in [5, 5.41) is 12.0. The minimum absolute atomic E-state index is 0. The van der Waals surface area contributed by atoms with Gasteiger partial charge in [-0.1, -0.05) is 6.92 Å². The molecule has 24 heavy (non-hydrogen) atoms. The zero-order chi connectivity index (χ0) is 16.3. The maximum atomic E-state index is 4.60. The Labute approximate surface area is 165 Å². The first kappa shape index (κ1) is 20.9. The third-order valence-electron chi connectivity index (χ3n) is 3.30. The van der Waals surface area contributed by atoms with Crippen molar-refractivity contribution in [2.24, 2.45) is 4.99 Å². The van der Waals surface area contributed by atoms with Crippen LogP contribution < -0.4 is 10.6 Å².